The normalized spacial score (nSPS) is 10.5. The van der Waals surface area contributed by atoms with Crippen molar-refractivity contribution in [2.75, 3.05) is 12.4 Å². The third kappa shape index (κ3) is 3.88. The van der Waals surface area contributed by atoms with Crippen LogP contribution in [0.3, 0.4) is 0 Å². The summed E-state index contributed by atoms with van der Waals surface area (Å²) in [5.41, 5.74) is 0.246. The number of methoxy groups -OCH3 is 1. The fourth-order valence-corrected chi connectivity index (χ4v) is 2.38. The van der Waals surface area contributed by atoms with Crippen LogP contribution < -0.4 is 10.1 Å². The Hall–Kier alpha value is -2.28. The van der Waals surface area contributed by atoms with E-state index in [-0.39, 0.29) is 21.9 Å². The van der Waals surface area contributed by atoms with Crippen LogP contribution in [0.1, 0.15) is 10.4 Å². The molecule has 7 heteroatoms. The van der Waals surface area contributed by atoms with E-state index in [4.69, 9.17) is 4.74 Å². The number of carbonyl (C=O) groups excluding carboxylic acids is 1. The number of amides is 1. The Labute approximate surface area is 130 Å². The molecule has 2 aromatic carbocycles. The lowest BCUT2D eigenvalue weighted by molar-refractivity contribution is 0.102. The molecule has 0 radical (unpaired) electrons. The first-order chi connectivity index (χ1) is 10.5. The molecule has 0 spiro atoms. The summed E-state index contributed by atoms with van der Waals surface area (Å²) in [5.74, 6) is -3.03. The topological polar surface area (TPSA) is 58.6 Å². The Bertz CT molecular complexity index is 680. The highest BCUT2D eigenvalue weighted by Gasteiger charge is 2.16. The van der Waals surface area contributed by atoms with Gasteiger partial charge in [-0.2, -0.15) is 8.78 Å². The van der Waals surface area contributed by atoms with E-state index in [1.165, 1.54) is 37.4 Å². The van der Waals surface area contributed by atoms with Gasteiger partial charge in [0.1, 0.15) is 11.5 Å². The van der Waals surface area contributed by atoms with Gasteiger partial charge in [0.25, 0.3) is 11.7 Å². The van der Waals surface area contributed by atoms with Crippen molar-refractivity contribution < 1.29 is 23.4 Å². The van der Waals surface area contributed by atoms with Crippen LogP contribution in [0.15, 0.2) is 47.4 Å². The van der Waals surface area contributed by atoms with Crippen molar-refractivity contribution in [1.82, 2.24) is 0 Å². The number of alkyl halides is 2. The zero-order valence-electron chi connectivity index (χ0n) is 11.5. The van der Waals surface area contributed by atoms with Crippen molar-refractivity contribution in [1.29, 1.82) is 0 Å². The van der Waals surface area contributed by atoms with Crippen molar-refractivity contribution in [3.8, 4) is 11.5 Å². The smallest absolute Gasteiger partial charge is 0.288 e. The predicted molar refractivity (Wildman–Crippen MR) is 80.9 cm³/mol. The number of para-hydroxylation sites is 1. The van der Waals surface area contributed by atoms with E-state index in [1.54, 1.807) is 12.1 Å². The molecule has 116 valence electrons. The maximum absolute atomic E-state index is 12.5. The second-order valence-corrected chi connectivity index (χ2v) is 5.24. The number of phenolic OH excluding ortho intramolecular Hbond substituents is 1. The van der Waals surface area contributed by atoms with Crippen LogP contribution in [0.25, 0.3) is 0 Å². The van der Waals surface area contributed by atoms with Gasteiger partial charge in [-0.15, -0.1) is 0 Å². The Kier molecular flexibility index (Phi) is 5.21. The number of hydrogen-bond donors (Lipinski definition) is 2. The summed E-state index contributed by atoms with van der Waals surface area (Å²) in [6.07, 6.45) is 0. The SMILES string of the molecule is COc1ccc(O)c(C(=O)Nc2ccccc2SC(F)F)c1. The number of halogens is 2. The first-order valence-corrected chi connectivity index (χ1v) is 7.11. The molecule has 0 atom stereocenters. The largest absolute Gasteiger partial charge is 0.507 e. The molecule has 0 fully saturated rings. The van der Waals surface area contributed by atoms with Crippen LogP contribution in [0.5, 0.6) is 11.5 Å². The zero-order chi connectivity index (χ0) is 16.1. The number of aromatic hydroxyl groups is 1. The predicted octanol–water partition coefficient (Wildman–Crippen LogP) is 3.97. The van der Waals surface area contributed by atoms with E-state index in [1.807, 2.05) is 0 Å². The van der Waals surface area contributed by atoms with Crippen molar-refractivity contribution in [3.05, 3.63) is 48.0 Å². The number of rotatable bonds is 5. The average Bonchev–Trinajstić information content (AvgIpc) is 2.49. The summed E-state index contributed by atoms with van der Waals surface area (Å²) >= 11 is 0.339. The van der Waals surface area contributed by atoms with E-state index in [2.05, 4.69) is 5.32 Å². The molecule has 0 aliphatic carbocycles. The van der Waals surface area contributed by atoms with Gasteiger partial charge in [0.05, 0.1) is 18.4 Å². The molecule has 0 aliphatic heterocycles. The molecular weight excluding hydrogens is 312 g/mol. The molecule has 4 nitrogen and oxygen atoms in total. The third-order valence-corrected chi connectivity index (χ3v) is 3.59. The number of ether oxygens (including phenoxy) is 1. The van der Waals surface area contributed by atoms with Gasteiger partial charge in [0, 0.05) is 4.90 Å². The van der Waals surface area contributed by atoms with Crippen molar-refractivity contribution in [2.24, 2.45) is 0 Å². The molecule has 0 unspecified atom stereocenters. The van der Waals surface area contributed by atoms with Crippen LogP contribution in [0, 0.1) is 0 Å². The fraction of sp³-hybridized carbons (Fsp3) is 0.133. The summed E-state index contributed by atoms with van der Waals surface area (Å²) in [5, 5.41) is 12.3. The first-order valence-electron chi connectivity index (χ1n) is 6.23. The van der Waals surface area contributed by atoms with Gasteiger partial charge in [-0.25, -0.2) is 0 Å². The molecule has 0 aliphatic rings. The van der Waals surface area contributed by atoms with E-state index in [0.717, 1.165) is 0 Å². The van der Waals surface area contributed by atoms with Crippen molar-refractivity contribution in [3.63, 3.8) is 0 Å². The van der Waals surface area contributed by atoms with Crippen LogP contribution >= 0.6 is 11.8 Å². The Balaban J connectivity index is 2.26. The number of carbonyl (C=O) groups is 1. The fourth-order valence-electron chi connectivity index (χ4n) is 1.78. The van der Waals surface area contributed by atoms with Crippen LogP contribution in [0.4, 0.5) is 14.5 Å². The second-order valence-electron chi connectivity index (χ2n) is 4.21. The maximum atomic E-state index is 12.5. The molecule has 0 aromatic heterocycles. The van der Waals surface area contributed by atoms with Crippen molar-refractivity contribution >= 4 is 23.4 Å². The number of phenols is 1. The van der Waals surface area contributed by atoms with Crippen LogP contribution in [-0.2, 0) is 0 Å². The molecule has 22 heavy (non-hydrogen) atoms. The second kappa shape index (κ2) is 7.13. The van der Waals surface area contributed by atoms with Crippen molar-refractivity contribution in [2.45, 2.75) is 10.7 Å². The maximum Gasteiger partial charge on any atom is 0.288 e. The Morgan fingerprint density at radius 1 is 1.27 bits per heavy atom. The summed E-state index contributed by atoms with van der Waals surface area (Å²) in [6, 6.07) is 10.4. The van der Waals surface area contributed by atoms with E-state index < -0.39 is 11.7 Å². The summed E-state index contributed by atoms with van der Waals surface area (Å²) in [4.78, 5) is 12.5. The third-order valence-electron chi connectivity index (χ3n) is 2.80. The number of anilines is 1. The quantitative estimate of drug-likeness (QED) is 0.817. The van der Waals surface area contributed by atoms with Crippen LogP contribution in [-0.4, -0.2) is 23.9 Å². The minimum atomic E-state index is -2.59. The molecule has 2 rings (SSSR count). The molecule has 0 saturated heterocycles. The highest BCUT2D eigenvalue weighted by molar-refractivity contribution is 7.99. The average molecular weight is 325 g/mol. The van der Waals surface area contributed by atoms with E-state index in [0.29, 0.717) is 17.5 Å². The van der Waals surface area contributed by atoms with Gasteiger partial charge < -0.3 is 15.2 Å². The molecule has 0 saturated carbocycles. The highest BCUT2D eigenvalue weighted by atomic mass is 32.2. The zero-order valence-corrected chi connectivity index (χ0v) is 12.4. The monoisotopic (exact) mass is 325 g/mol. The lowest BCUT2D eigenvalue weighted by Gasteiger charge is -2.11. The van der Waals surface area contributed by atoms with Crippen LogP contribution in [0.2, 0.25) is 0 Å². The van der Waals surface area contributed by atoms with Gasteiger partial charge in [0.2, 0.25) is 0 Å². The minimum Gasteiger partial charge on any atom is -0.507 e. The standard InChI is InChI=1S/C15H13F2NO3S/c1-21-9-6-7-12(19)10(8-9)14(20)18-11-4-2-3-5-13(11)22-15(16)17/h2-8,15,19H,1H3,(H,18,20). The molecule has 1 amide bonds. The number of benzene rings is 2. The van der Waals surface area contributed by atoms with Gasteiger partial charge in [-0.1, -0.05) is 23.9 Å². The van der Waals surface area contributed by atoms with Gasteiger partial charge in [-0.3, -0.25) is 4.79 Å². The highest BCUT2D eigenvalue weighted by Crippen LogP contribution is 2.32. The van der Waals surface area contributed by atoms with Gasteiger partial charge in [-0.05, 0) is 30.3 Å². The summed E-state index contributed by atoms with van der Waals surface area (Å²) < 4.78 is 30.0. The number of nitrogens with one attached hydrogen (secondary N) is 1. The molecule has 2 N–H and O–H groups in total. The lowest BCUT2D eigenvalue weighted by Crippen LogP contribution is -2.13. The molecule has 2 aromatic rings. The van der Waals surface area contributed by atoms with Gasteiger partial charge in [0.15, 0.2) is 0 Å². The molecular formula is C15H13F2NO3S. The molecule has 0 bridgehead atoms. The summed E-state index contributed by atoms with van der Waals surface area (Å²) in [6.45, 7) is 0. The first kappa shape index (κ1) is 16.1. The molecule has 0 heterocycles. The number of hydrogen-bond acceptors (Lipinski definition) is 4. The van der Waals surface area contributed by atoms with Gasteiger partial charge >= 0.3 is 0 Å². The number of thioether (sulfide) groups is 1. The lowest BCUT2D eigenvalue weighted by atomic mass is 10.1. The summed E-state index contributed by atoms with van der Waals surface area (Å²) in [7, 11) is 1.43. The Morgan fingerprint density at radius 2 is 2.00 bits per heavy atom. The van der Waals surface area contributed by atoms with E-state index in [9.17, 15) is 18.7 Å². The minimum absolute atomic E-state index is 0.00352. The Morgan fingerprint density at radius 3 is 2.68 bits per heavy atom. The van der Waals surface area contributed by atoms with E-state index >= 15 is 0 Å².